The average Bonchev–Trinajstić information content (AvgIpc) is 2.51. The third-order valence-corrected chi connectivity index (χ3v) is 3.40. The van der Waals surface area contributed by atoms with Crippen LogP contribution in [0.1, 0.15) is 39.7 Å². The van der Waals surface area contributed by atoms with Gasteiger partial charge >= 0.3 is 12.1 Å². The molecular weight excluding hydrogens is 340 g/mol. The fourth-order valence-electron chi connectivity index (χ4n) is 1.92. The molecule has 0 aliphatic carbocycles. The molecule has 1 atom stereocenters. The zero-order valence-corrected chi connectivity index (χ0v) is 15.9. The van der Waals surface area contributed by atoms with Crippen LogP contribution in [0.5, 0.6) is 0 Å². The molecule has 0 radical (unpaired) electrons. The number of amides is 1. The number of nitrogens with one attached hydrogen (secondary N) is 2. The molecule has 0 aliphatic heterocycles. The Morgan fingerprint density at radius 3 is 2.40 bits per heavy atom. The first-order chi connectivity index (χ1) is 11.7. The second-order valence-electron chi connectivity index (χ2n) is 6.44. The van der Waals surface area contributed by atoms with Crippen LogP contribution in [0.15, 0.2) is 30.3 Å². The highest BCUT2D eigenvalue weighted by atomic mass is 32.1. The third-order valence-electron chi connectivity index (χ3n) is 2.97. The Labute approximate surface area is 154 Å². The van der Waals surface area contributed by atoms with Crippen LogP contribution in [-0.2, 0) is 20.9 Å². The quantitative estimate of drug-likeness (QED) is 0.571. The van der Waals surface area contributed by atoms with Gasteiger partial charge in [-0.05, 0) is 33.3 Å². The fraction of sp³-hybridized carbons (Fsp3) is 0.500. The molecule has 0 aliphatic rings. The van der Waals surface area contributed by atoms with Gasteiger partial charge in [-0.25, -0.2) is 4.79 Å². The lowest BCUT2D eigenvalue weighted by Gasteiger charge is -2.24. The minimum Gasteiger partial charge on any atom is -0.461 e. The number of rotatable bonds is 7. The molecule has 138 valence electrons. The zero-order chi connectivity index (χ0) is 18.9. The smallest absolute Gasteiger partial charge is 0.408 e. The summed E-state index contributed by atoms with van der Waals surface area (Å²) in [7, 11) is 0. The molecule has 0 saturated carbocycles. The predicted octanol–water partition coefficient (Wildman–Crippen LogP) is 2.95. The molecule has 1 aromatic rings. The molecule has 0 fully saturated rings. The van der Waals surface area contributed by atoms with Crippen molar-refractivity contribution in [2.24, 2.45) is 0 Å². The summed E-state index contributed by atoms with van der Waals surface area (Å²) in [6, 6.07) is 8.68. The number of alkyl carbamates (subject to hydrolysis) is 1. The van der Waals surface area contributed by atoms with Gasteiger partial charge in [0.15, 0.2) is 0 Å². The van der Waals surface area contributed by atoms with E-state index in [1.54, 1.807) is 20.8 Å². The zero-order valence-electron chi connectivity index (χ0n) is 15.1. The second-order valence-corrected chi connectivity index (χ2v) is 6.88. The average molecular weight is 366 g/mol. The first kappa shape index (κ1) is 20.9. The van der Waals surface area contributed by atoms with Crippen LogP contribution >= 0.6 is 12.2 Å². The summed E-state index contributed by atoms with van der Waals surface area (Å²) < 4.78 is 10.5. The molecule has 25 heavy (non-hydrogen) atoms. The van der Waals surface area contributed by atoms with Gasteiger partial charge in [0.2, 0.25) is 0 Å². The van der Waals surface area contributed by atoms with Gasteiger partial charge < -0.3 is 20.1 Å². The van der Waals surface area contributed by atoms with Gasteiger partial charge in [-0.1, -0.05) is 42.5 Å². The third kappa shape index (κ3) is 9.05. The van der Waals surface area contributed by atoms with E-state index >= 15 is 0 Å². The standard InChI is InChI=1S/C18H26N2O4S/c1-5-19-16(25)14(20-17(22)24-18(2,3)4)11-15(21)23-12-13-9-7-6-8-10-13/h6-10,14H,5,11-12H2,1-4H3,(H,19,25)(H,20,22)/t14-/m0/s1. The van der Waals surface area contributed by atoms with Crippen molar-refractivity contribution in [2.75, 3.05) is 6.54 Å². The van der Waals surface area contributed by atoms with Crippen LogP contribution in [-0.4, -0.2) is 35.2 Å². The normalized spacial score (nSPS) is 12.0. The number of carbonyl (C=O) groups is 2. The van der Waals surface area contributed by atoms with E-state index in [2.05, 4.69) is 10.6 Å². The number of thiocarbonyl (C=S) groups is 1. The molecule has 0 unspecified atom stereocenters. The number of carbonyl (C=O) groups excluding carboxylic acids is 2. The van der Waals surface area contributed by atoms with Crippen molar-refractivity contribution >= 4 is 29.3 Å². The van der Waals surface area contributed by atoms with E-state index in [1.165, 1.54) is 0 Å². The predicted molar refractivity (Wildman–Crippen MR) is 100 cm³/mol. The Balaban J connectivity index is 2.61. The van der Waals surface area contributed by atoms with Crippen molar-refractivity contribution < 1.29 is 19.1 Å². The SMILES string of the molecule is CCNC(=S)[C@H](CC(=O)OCc1ccccc1)NC(=O)OC(C)(C)C. The molecule has 1 rings (SSSR count). The van der Waals surface area contributed by atoms with Crippen molar-refractivity contribution in [1.29, 1.82) is 0 Å². The monoisotopic (exact) mass is 366 g/mol. The Hall–Kier alpha value is -2.15. The molecule has 0 bridgehead atoms. The van der Waals surface area contributed by atoms with Crippen LogP contribution in [0, 0.1) is 0 Å². The Morgan fingerprint density at radius 1 is 1.20 bits per heavy atom. The molecule has 0 heterocycles. The van der Waals surface area contributed by atoms with Crippen molar-refractivity contribution in [2.45, 2.75) is 52.4 Å². The summed E-state index contributed by atoms with van der Waals surface area (Å²) in [5, 5.41) is 5.57. The molecule has 0 spiro atoms. The van der Waals surface area contributed by atoms with Gasteiger partial charge in [0, 0.05) is 6.54 Å². The van der Waals surface area contributed by atoms with Gasteiger partial charge in [-0.3, -0.25) is 4.79 Å². The number of esters is 1. The summed E-state index contributed by atoms with van der Waals surface area (Å²) >= 11 is 5.24. The van der Waals surface area contributed by atoms with Crippen molar-refractivity contribution in [3.63, 3.8) is 0 Å². The van der Waals surface area contributed by atoms with Crippen molar-refractivity contribution in [1.82, 2.24) is 10.6 Å². The molecular formula is C18H26N2O4S. The van der Waals surface area contributed by atoms with E-state index < -0.39 is 23.7 Å². The second kappa shape index (κ2) is 9.98. The van der Waals surface area contributed by atoms with Gasteiger partial charge in [-0.2, -0.15) is 0 Å². The summed E-state index contributed by atoms with van der Waals surface area (Å²) in [5.41, 5.74) is 0.254. The highest BCUT2D eigenvalue weighted by molar-refractivity contribution is 7.80. The van der Waals surface area contributed by atoms with E-state index in [4.69, 9.17) is 21.7 Å². The lowest BCUT2D eigenvalue weighted by Crippen LogP contribution is -2.48. The molecule has 2 N–H and O–H groups in total. The lowest BCUT2D eigenvalue weighted by molar-refractivity contribution is -0.145. The first-order valence-electron chi connectivity index (χ1n) is 8.18. The summed E-state index contributed by atoms with van der Waals surface area (Å²) in [6.07, 6.45) is -0.702. The van der Waals surface area contributed by atoms with Gasteiger partial charge in [-0.15, -0.1) is 0 Å². The maximum absolute atomic E-state index is 12.1. The van der Waals surface area contributed by atoms with Crippen LogP contribution in [0.2, 0.25) is 0 Å². The highest BCUT2D eigenvalue weighted by Crippen LogP contribution is 2.08. The van der Waals surface area contributed by atoms with E-state index in [1.807, 2.05) is 37.3 Å². The van der Waals surface area contributed by atoms with E-state index in [0.717, 1.165) is 5.56 Å². The lowest BCUT2D eigenvalue weighted by atomic mass is 10.2. The number of benzene rings is 1. The summed E-state index contributed by atoms with van der Waals surface area (Å²) in [4.78, 5) is 24.4. The van der Waals surface area contributed by atoms with Crippen LogP contribution in [0.4, 0.5) is 4.79 Å². The topological polar surface area (TPSA) is 76.7 Å². The number of ether oxygens (including phenoxy) is 2. The van der Waals surface area contributed by atoms with Gasteiger partial charge in [0.1, 0.15) is 12.2 Å². The van der Waals surface area contributed by atoms with Gasteiger partial charge in [0.05, 0.1) is 17.5 Å². The van der Waals surface area contributed by atoms with E-state index in [0.29, 0.717) is 11.5 Å². The molecule has 6 nitrogen and oxygen atoms in total. The molecule has 0 aromatic heterocycles. The Kier molecular flexibility index (Phi) is 8.34. The fourth-order valence-corrected chi connectivity index (χ4v) is 2.21. The molecule has 7 heteroatoms. The molecule has 0 saturated heterocycles. The maximum atomic E-state index is 12.1. The van der Waals surface area contributed by atoms with Crippen LogP contribution < -0.4 is 10.6 Å². The molecule has 1 aromatic carbocycles. The van der Waals surface area contributed by atoms with Crippen molar-refractivity contribution in [3.8, 4) is 0 Å². The van der Waals surface area contributed by atoms with Crippen LogP contribution in [0.3, 0.4) is 0 Å². The Bertz CT molecular complexity index is 584. The first-order valence-corrected chi connectivity index (χ1v) is 8.59. The maximum Gasteiger partial charge on any atom is 0.408 e. The minimum atomic E-state index is -0.687. The summed E-state index contributed by atoms with van der Waals surface area (Å²) in [6.45, 7) is 7.93. The number of likely N-dealkylation sites (N-methyl/N-ethyl adjacent to an activating group) is 1. The Morgan fingerprint density at radius 2 is 1.84 bits per heavy atom. The van der Waals surface area contributed by atoms with Crippen LogP contribution in [0.25, 0.3) is 0 Å². The van der Waals surface area contributed by atoms with E-state index in [-0.39, 0.29) is 13.0 Å². The number of hydrogen-bond acceptors (Lipinski definition) is 5. The molecule has 1 amide bonds. The van der Waals surface area contributed by atoms with E-state index in [9.17, 15) is 9.59 Å². The van der Waals surface area contributed by atoms with Gasteiger partial charge in [0.25, 0.3) is 0 Å². The number of hydrogen-bond donors (Lipinski definition) is 2. The highest BCUT2D eigenvalue weighted by Gasteiger charge is 2.24. The minimum absolute atomic E-state index is 0.0715. The summed E-state index contributed by atoms with van der Waals surface area (Å²) in [5.74, 6) is -0.454. The largest absolute Gasteiger partial charge is 0.461 e. The van der Waals surface area contributed by atoms with Crippen molar-refractivity contribution in [3.05, 3.63) is 35.9 Å².